The summed E-state index contributed by atoms with van der Waals surface area (Å²) in [4.78, 5) is 0. The molecule has 0 bridgehead atoms. The molecule has 1 rings (SSSR count). The molecule has 0 N–H and O–H groups in total. The third kappa shape index (κ3) is 7.01. The van der Waals surface area contributed by atoms with Crippen molar-refractivity contribution in [1.82, 2.24) is 0 Å². The molecule has 0 aliphatic heterocycles. The summed E-state index contributed by atoms with van der Waals surface area (Å²) in [5, 5.41) is 0. The zero-order valence-corrected chi connectivity index (χ0v) is 11.3. The van der Waals surface area contributed by atoms with Crippen LogP contribution in [0.2, 0.25) is 0 Å². The third-order valence-corrected chi connectivity index (χ3v) is 1.84. The van der Waals surface area contributed by atoms with Crippen LogP contribution in [0.15, 0.2) is 35.1 Å². The van der Waals surface area contributed by atoms with Crippen molar-refractivity contribution in [2.45, 2.75) is 48.0 Å². The molecule has 0 fully saturated rings. The van der Waals surface area contributed by atoms with E-state index in [1.807, 2.05) is 27.7 Å². The summed E-state index contributed by atoms with van der Waals surface area (Å²) in [6, 6.07) is 0. The Morgan fingerprint density at radius 2 is 1.53 bits per heavy atom. The van der Waals surface area contributed by atoms with Crippen molar-refractivity contribution in [3.8, 4) is 0 Å². The van der Waals surface area contributed by atoms with Crippen LogP contribution in [0.25, 0.3) is 0 Å². The average Bonchev–Trinajstić information content (AvgIpc) is 2.47. The van der Waals surface area contributed by atoms with E-state index in [9.17, 15) is 0 Å². The van der Waals surface area contributed by atoms with Crippen LogP contribution in [-0.2, 0) is 4.74 Å². The molecular formula is C14H26O. The third-order valence-electron chi connectivity index (χ3n) is 1.84. The lowest BCUT2D eigenvalue weighted by Gasteiger charge is -2.03. The van der Waals surface area contributed by atoms with E-state index in [1.165, 1.54) is 11.1 Å². The fourth-order valence-electron chi connectivity index (χ4n) is 1.08. The molecule has 1 heteroatoms. The minimum absolute atomic E-state index is 0.997. The molecule has 15 heavy (non-hydrogen) atoms. The van der Waals surface area contributed by atoms with Crippen LogP contribution in [0, 0.1) is 0 Å². The van der Waals surface area contributed by atoms with Crippen LogP contribution in [0.1, 0.15) is 48.0 Å². The van der Waals surface area contributed by atoms with Gasteiger partial charge in [0, 0.05) is 0 Å². The van der Waals surface area contributed by atoms with Crippen molar-refractivity contribution in [2.24, 2.45) is 0 Å². The molecule has 1 aliphatic carbocycles. The molecular weight excluding hydrogens is 184 g/mol. The molecule has 88 valence electrons. The van der Waals surface area contributed by atoms with Crippen LogP contribution in [0.4, 0.5) is 0 Å². The maximum Gasteiger partial charge on any atom is 0.118 e. The highest BCUT2D eigenvalue weighted by Gasteiger charge is 2.01. The van der Waals surface area contributed by atoms with Crippen molar-refractivity contribution < 1.29 is 4.74 Å². The van der Waals surface area contributed by atoms with Gasteiger partial charge < -0.3 is 4.74 Å². The maximum atomic E-state index is 5.19. The Morgan fingerprint density at radius 1 is 1.00 bits per heavy atom. The van der Waals surface area contributed by atoms with Crippen LogP contribution in [-0.4, -0.2) is 7.11 Å². The van der Waals surface area contributed by atoms with Crippen molar-refractivity contribution >= 4 is 0 Å². The first-order chi connectivity index (χ1) is 7.24. The van der Waals surface area contributed by atoms with Crippen molar-refractivity contribution in [2.75, 3.05) is 7.11 Å². The van der Waals surface area contributed by atoms with Gasteiger partial charge in [-0.15, -0.1) is 0 Å². The van der Waals surface area contributed by atoms with Crippen LogP contribution in [0.3, 0.4) is 0 Å². The first kappa shape index (κ1) is 16.4. The van der Waals surface area contributed by atoms with Gasteiger partial charge in [0.2, 0.25) is 0 Å². The summed E-state index contributed by atoms with van der Waals surface area (Å²) in [6.07, 6.45) is 7.34. The smallest absolute Gasteiger partial charge is 0.118 e. The number of allylic oxidation sites excluding steroid dienone is 5. The number of ether oxygens (including phenoxy) is 1. The van der Waals surface area contributed by atoms with Gasteiger partial charge in [-0.05, 0) is 31.9 Å². The fourth-order valence-corrected chi connectivity index (χ4v) is 1.08. The maximum absolute atomic E-state index is 5.19. The summed E-state index contributed by atoms with van der Waals surface area (Å²) >= 11 is 0. The van der Waals surface area contributed by atoms with Gasteiger partial charge in [0.05, 0.1) is 7.11 Å². The lowest BCUT2D eigenvalue weighted by Crippen LogP contribution is -1.86. The standard InChI is InChI=1S/C10H14O.2C2H6/c1-8-4-6-9(2)10(11-3)7-5-8;2*1-2/h4,6-7H,5H2,1-3H3;2*1-2H3. The van der Waals surface area contributed by atoms with E-state index in [0.717, 1.165) is 12.2 Å². The van der Waals surface area contributed by atoms with E-state index in [1.54, 1.807) is 7.11 Å². The van der Waals surface area contributed by atoms with Gasteiger partial charge >= 0.3 is 0 Å². The van der Waals surface area contributed by atoms with Crippen molar-refractivity contribution in [3.63, 3.8) is 0 Å². The van der Waals surface area contributed by atoms with Gasteiger partial charge in [-0.1, -0.05) is 45.4 Å². The number of methoxy groups -OCH3 is 1. The SMILES string of the molecule is CC.CC.COC1=CCC(C)=CC=C1C. The zero-order valence-electron chi connectivity index (χ0n) is 11.3. The topological polar surface area (TPSA) is 9.23 Å². The molecule has 0 aromatic carbocycles. The second-order valence-electron chi connectivity index (χ2n) is 2.84. The van der Waals surface area contributed by atoms with E-state index in [2.05, 4.69) is 32.1 Å². The predicted octanol–water partition coefficient (Wildman–Crippen LogP) is 4.87. The highest BCUT2D eigenvalue weighted by Crippen LogP contribution is 2.17. The molecule has 0 spiro atoms. The molecule has 0 aromatic rings. The zero-order chi connectivity index (χ0) is 12.3. The predicted molar refractivity (Wildman–Crippen MR) is 69.9 cm³/mol. The molecule has 0 saturated carbocycles. The van der Waals surface area contributed by atoms with Gasteiger partial charge in [0.1, 0.15) is 5.76 Å². The summed E-state index contributed by atoms with van der Waals surface area (Å²) in [5.41, 5.74) is 2.57. The number of hydrogen-bond acceptors (Lipinski definition) is 1. The molecule has 1 aliphatic rings. The van der Waals surface area contributed by atoms with Gasteiger partial charge in [-0.25, -0.2) is 0 Å². The quantitative estimate of drug-likeness (QED) is 0.600. The molecule has 0 aromatic heterocycles. The van der Waals surface area contributed by atoms with Crippen molar-refractivity contribution in [3.05, 3.63) is 35.1 Å². The van der Waals surface area contributed by atoms with Gasteiger partial charge in [-0.3, -0.25) is 0 Å². The highest BCUT2D eigenvalue weighted by atomic mass is 16.5. The Hall–Kier alpha value is -0.980. The summed E-state index contributed by atoms with van der Waals surface area (Å²) in [6.45, 7) is 12.2. The molecule has 0 radical (unpaired) electrons. The lowest BCUT2D eigenvalue weighted by atomic mass is 10.2. The van der Waals surface area contributed by atoms with E-state index in [4.69, 9.17) is 4.74 Å². The normalized spacial score (nSPS) is 13.9. The lowest BCUT2D eigenvalue weighted by molar-refractivity contribution is 0.299. The Bertz CT molecular complexity index is 232. The molecule has 1 nitrogen and oxygen atoms in total. The van der Waals surface area contributed by atoms with Gasteiger partial charge in [0.15, 0.2) is 0 Å². The van der Waals surface area contributed by atoms with Gasteiger partial charge in [0.25, 0.3) is 0 Å². The van der Waals surface area contributed by atoms with Crippen LogP contribution in [0.5, 0.6) is 0 Å². The molecule has 0 heterocycles. The molecule has 0 amide bonds. The fraction of sp³-hybridized carbons (Fsp3) is 0.571. The van der Waals surface area contributed by atoms with Crippen LogP contribution < -0.4 is 0 Å². The Kier molecular flexibility index (Phi) is 12.2. The number of rotatable bonds is 1. The van der Waals surface area contributed by atoms with Crippen molar-refractivity contribution in [1.29, 1.82) is 0 Å². The first-order valence-electron chi connectivity index (χ1n) is 5.82. The summed E-state index contributed by atoms with van der Waals surface area (Å²) < 4.78 is 5.19. The minimum Gasteiger partial charge on any atom is -0.497 e. The second-order valence-corrected chi connectivity index (χ2v) is 2.84. The minimum atomic E-state index is 0.997. The average molecular weight is 210 g/mol. The monoisotopic (exact) mass is 210 g/mol. The van der Waals surface area contributed by atoms with E-state index >= 15 is 0 Å². The van der Waals surface area contributed by atoms with Gasteiger partial charge in [-0.2, -0.15) is 0 Å². The Morgan fingerprint density at radius 3 is 2.00 bits per heavy atom. The number of hydrogen-bond donors (Lipinski definition) is 0. The Balaban J connectivity index is 0. The molecule has 0 saturated heterocycles. The largest absolute Gasteiger partial charge is 0.497 e. The van der Waals surface area contributed by atoms with E-state index in [-0.39, 0.29) is 0 Å². The summed E-state index contributed by atoms with van der Waals surface area (Å²) in [7, 11) is 1.71. The Labute approximate surface area is 95.5 Å². The van der Waals surface area contributed by atoms with E-state index in [0.29, 0.717) is 0 Å². The second kappa shape index (κ2) is 11.1. The molecule has 0 atom stereocenters. The highest BCUT2D eigenvalue weighted by molar-refractivity contribution is 5.33. The van der Waals surface area contributed by atoms with Crippen LogP contribution >= 0.6 is 0 Å². The summed E-state index contributed by atoms with van der Waals surface area (Å²) in [5.74, 6) is 0.998. The molecule has 0 unspecified atom stereocenters. The first-order valence-corrected chi connectivity index (χ1v) is 5.82. The van der Waals surface area contributed by atoms with E-state index < -0.39 is 0 Å².